The summed E-state index contributed by atoms with van der Waals surface area (Å²) in [7, 11) is -5.27. The summed E-state index contributed by atoms with van der Waals surface area (Å²) in [6, 6.07) is 0. The average molecular weight is 576 g/mol. The van der Waals surface area contributed by atoms with E-state index in [2.05, 4.69) is 63.8 Å². The van der Waals surface area contributed by atoms with Crippen molar-refractivity contribution in [2.75, 3.05) is 39.5 Å². The van der Waals surface area contributed by atoms with E-state index in [0.29, 0.717) is 37.7 Å². The highest BCUT2D eigenvalue weighted by atomic mass is 28.4. The minimum absolute atomic E-state index is 0.521. The van der Waals surface area contributed by atoms with E-state index >= 15 is 0 Å². The van der Waals surface area contributed by atoms with Crippen LogP contribution in [0.4, 0.5) is 0 Å². The zero-order valence-corrected chi connectivity index (χ0v) is 29.6. The van der Waals surface area contributed by atoms with Gasteiger partial charge in [-0.3, -0.25) is 4.90 Å². The van der Waals surface area contributed by atoms with E-state index in [-0.39, 0.29) is 0 Å². The van der Waals surface area contributed by atoms with Crippen molar-refractivity contribution in [3.8, 4) is 0 Å². The first-order valence-electron chi connectivity index (χ1n) is 13.4. The van der Waals surface area contributed by atoms with Crippen molar-refractivity contribution in [2.24, 2.45) is 0 Å². The van der Waals surface area contributed by atoms with E-state index in [4.69, 9.17) is 27.5 Å². The van der Waals surface area contributed by atoms with Crippen molar-refractivity contribution < 1.29 is 27.5 Å². The molecule has 0 atom stereocenters. The van der Waals surface area contributed by atoms with Crippen molar-refractivity contribution in [2.45, 2.75) is 100 Å². The number of allylic oxidation sites excluding steroid dienone is 3. The molecule has 7 nitrogen and oxygen atoms in total. The summed E-state index contributed by atoms with van der Waals surface area (Å²) in [6.07, 6.45) is 0. The summed E-state index contributed by atoms with van der Waals surface area (Å²) < 4.78 is 36.7. The van der Waals surface area contributed by atoms with Crippen molar-refractivity contribution in [1.82, 2.24) is 4.90 Å². The Morgan fingerprint density at radius 2 is 0.649 bits per heavy atom. The summed E-state index contributed by atoms with van der Waals surface area (Å²) in [4.78, 5) is 2.28. The molecule has 0 bridgehead atoms. The van der Waals surface area contributed by atoms with Gasteiger partial charge in [0.25, 0.3) is 17.8 Å². The van der Waals surface area contributed by atoms with E-state index in [9.17, 15) is 0 Å². The zero-order valence-electron chi connectivity index (χ0n) is 26.6. The Bertz CT molecular complexity index is 673. The fourth-order valence-electron chi connectivity index (χ4n) is 2.80. The molecule has 0 heterocycles. The van der Waals surface area contributed by atoms with E-state index in [1.807, 2.05) is 41.5 Å². The van der Waals surface area contributed by atoms with Crippen molar-refractivity contribution in [3.05, 3.63) is 34.6 Å². The molecule has 218 valence electrons. The lowest BCUT2D eigenvalue weighted by atomic mass is 10.4. The van der Waals surface area contributed by atoms with Gasteiger partial charge in [-0.25, -0.2) is 0 Å². The van der Waals surface area contributed by atoms with Crippen LogP contribution < -0.4 is 0 Å². The number of nitrogens with zero attached hydrogens (tertiary/aromatic N) is 1. The van der Waals surface area contributed by atoms with E-state index < -0.39 is 25.0 Å². The molecule has 0 saturated heterocycles. The molecule has 0 aromatic rings. The maximum absolute atomic E-state index is 6.14. The van der Waals surface area contributed by atoms with Crippen LogP contribution >= 0.6 is 0 Å². The van der Waals surface area contributed by atoms with Crippen LogP contribution in [-0.2, 0) is 27.5 Å². The predicted octanol–water partition coefficient (Wildman–Crippen LogP) is 7.65. The number of hydrogen-bond donors (Lipinski definition) is 0. The van der Waals surface area contributed by atoms with Gasteiger partial charge in [-0.1, -0.05) is 0 Å². The van der Waals surface area contributed by atoms with E-state index in [0.717, 1.165) is 36.4 Å². The summed E-state index contributed by atoms with van der Waals surface area (Å²) >= 11 is 0. The van der Waals surface area contributed by atoms with Gasteiger partial charge in [0, 0.05) is 36.4 Å². The van der Waals surface area contributed by atoms with Gasteiger partial charge in [0.15, 0.2) is 0 Å². The molecule has 0 aromatic carbocycles. The molecule has 0 rings (SSSR count). The van der Waals surface area contributed by atoms with Gasteiger partial charge in [0.1, 0.15) is 19.8 Å². The largest absolute Gasteiger partial charge is 0.520 e. The molecule has 0 unspecified atom stereocenters. The Kier molecular flexibility index (Phi) is 15.3. The lowest BCUT2D eigenvalue weighted by Gasteiger charge is -2.27. The number of ether oxygens (including phenoxy) is 3. The minimum atomic E-state index is -1.76. The van der Waals surface area contributed by atoms with Crippen LogP contribution in [-0.4, -0.2) is 69.3 Å². The van der Waals surface area contributed by atoms with Crippen molar-refractivity contribution >= 4 is 25.0 Å². The number of hydrogen-bond acceptors (Lipinski definition) is 7. The van der Waals surface area contributed by atoms with Gasteiger partial charge in [-0.2, -0.15) is 0 Å². The van der Waals surface area contributed by atoms with Crippen LogP contribution in [0.25, 0.3) is 0 Å². The van der Waals surface area contributed by atoms with Gasteiger partial charge in [0.2, 0.25) is 25.0 Å². The molecule has 0 amide bonds. The maximum Gasteiger partial charge on any atom is 0.263 e. The predicted molar refractivity (Wildman–Crippen MR) is 163 cm³/mol. The van der Waals surface area contributed by atoms with Gasteiger partial charge in [-0.15, -0.1) is 0 Å². The smallest absolute Gasteiger partial charge is 0.263 e. The third kappa shape index (κ3) is 19.4. The lowest BCUT2D eigenvalue weighted by molar-refractivity contribution is 0.0392. The summed E-state index contributed by atoms with van der Waals surface area (Å²) in [6.45, 7) is 35.3. The summed E-state index contributed by atoms with van der Waals surface area (Å²) in [5, 5.41) is 0. The molecule has 0 aromatic heterocycles. The van der Waals surface area contributed by atoms with Crippen LogP contribution in [0.2, 0.25) is 58.9 Å². The molecule has 0 aliphatic rings. The molecule has 0 radical (unpaired) electrons. The molecular weight excluding hydrogens is 519 g/mol. The normalized spacial score (nSPS) is 12.0. The number of rotatable bonds is 18. The van der Waals surface area contributed by atoms with E-state index in [1.165, 1.54) is 0 Å². The fourth-order valence-corrected chi connectivity index (χ4v) is 5.26. The van der Waals surface area contributed by atoms with Gasteiger partial charge >= 0.3 is 0 Å². The van der Waals surface area contributed by atoms with Crippen LogP contribution in [0.3, 0.4) is 0 Å². The fraction of sp³-hybridized carbons (Fsp3) is 0.778. The SMILES string of the molecule is CC(C)=C(OCCN(CCOC(O[Si](C)(C)C)=C(C)C)CCOC(O[Si](C)(C)C)=C(C)C)O[Si](C)(C)C. The monoisotopic (exact) mass is 575 g/mol. The Labute approximate surface area is 231 Å². The molecule has 10 heteroatoms. The Morgan fingerprint density at radius 1 is 0.432 bits per heavy atom. The second-order valence-electron chi connectivity index (χ2n) is 12.9. The molecule has 0 aliphatic carbocycles. The molecular formula is C27H57NO6Si3. The first-order valence-corrected chi connectivity index (χ1v) is 23.6. The Hall–Kier alpha value is -1.37. The lowest BCUT2D eigenvalue weighted by Crippen LogP contribution is -2.35. The standard InChI is InChI=1S/C27H57NO6Si3/c1-22(2)25(32-35(7,8)9)29-19-16-28(17-20-30-26(23(3)4)33-36(10,11)12)18-21-31-27(24(5)6)34-37(13,14)15/h16-21H2,1-15H3. The average Bonchev–Trinajstić information content (AvgIpc) is 2.68. The Morgan fingerprint density at radius 3 is 0.811 bits per heavy atom. The first-order chi connectivity index (χ1) is 16.7. The second-order valence-corrected chi connectivity index (χ2v) is 26.2. The third-order valence-electron chi connectivity index (χ3n) is 4.34. The van der Waals surface area contributed by atoms with Crippen LogP contribution in [0.1, 0.15) is 41.5 Å². The second kappa shape index (κ2) is 15.9. The molecule has 0 aliphatic heterocycles. The van der Waals surface area contributed by atoms with Crippen molar-refractivity contribution in [3.63, 3.8) is 0 Å². The molecule has 0 spiro atoms. The zero-order chi connectivity index (χ0) is 29.0. The topological polar surface area (TPSA) is 58.6 Å². The first kappa shape index (κ1) is 35.6. The van der Waals surface area contributed by atoms with E-state index in [1.54, 1.807) is 0 Å². The molecule has 0 fully saturated rings. The van der Waals surface area contributed by atoms with Gasteiger partial charge in [-0.05, 0) is 100 Å². The van der Waals surface area contributed by atoms with Gasteiger partial charge < -0.3 is 27.5 Å². The van der Waals surface area contributed by atoms with Crippen LogP contribution in [0.5, 0.6) is 0 Å². The maximum atomic E-state index is 6.14. The van der Waals surface area contributed by atoms with Crippen LogP contribution in [0.15, 0.2) is 34.6 Å². The van der Waals surface area contributed by atoms with Crippen molar-refractivity contribution in [1.29, 1.82) is 0 Å². The quantitative estimate of drug-likeness (QED) is 0.123. The highest BCUT2D eigenvalue weighted by Crippen LogP contribution is 2.18. The van der Waals surface area contributed by atoms with Crippen LogP contribution in [0, 0.1) is 0 Å². The molecule has 37 heavy (non-hydrogen) atoms. The molecule has 0 saturated carbocycles. The Balaban J connectivity index is 5.27. The van der Waals surface area contributed by atoms with Gasteiger partial charge in [0.05, 0.1) is 0 Å². The molecule has 0 N–H and O–H groups in total. The highest BCUT2D eigenvalue weighted by molar-refractivity contribution is 6.70. The highest BCUT2D eigenvalue weighted by Gasteiger charge is 2.22. The summed E-state index contributed by atoms with van der Waals surface area (Å²) in [5.74, 6) is 1.95. The third-order valence-corrected chi connectivity index (χ3v) is 6.74. The minimum Gasteiger partial charge on any atom is -0.520 e. The summed E-state index contributed by atoms with van der Waals surface area (Å²) in [5.41, 5.74) is 3.15.